The highest BCUT2D eigenvalue weighted by atomic mass is 79.9. The van der Waals surface area contributed by atoms with Gasteiger partial charge in [-0.15, -0.1) is 0 Å². The maximum atomic E-state index is 9.80. The topological polar surface area (TPSA) is 32.7 Å². The Hall–Kier alpha value is -0.580. The summed E-state index contributed by atoms with van der Waals surface area (Å²) in [4.78, 5) is 2.59. The van der Waals surface area contributed by atoms with Gasteiger partial charge in [0.1, 0.15) is 5.75 Å². The number of ether oxygens (including phenoxy) is 1. The molecule has 4 heteroatoms. The Morgan fingerprint density at radius 3 is 2.70 bits per heavy atom. The van der Waals surface area contributed by atoms with Crippen molar-refractivity contribution in [3.63, 3.8) is 0 Å². The van der Waals surface area contributed by atoms with Crippen molar-refractivity contribution < 1.29 is 9.84 Å². The zero-order valence-corrected chi connectivity index (χ0v) is 13.3. The van der Waals surface area contributed by atoms with E-state index < -0.39 is 0 Å². The van der Waals surface area contributed by atoms with Crippen molar-refractivity contribution in [2.45, 2.75) is 50.3 Å². The van der Waals surface area contributed by atoms with E-state index in [2.05, 4.69) is 20.8 Å². The van der Waals surface area contributed by atoms with Crippen LogP contribution < -0.4 is 4.74 Å². The van der Waals surface area contributed by atoms with Crippen LogP contribution in [-0.4, -0.2) is 41.3 Å². The van der Waals surface area contributed by atoms with Crippen molar-refractivity contribution in [1.82, 2.24) is 4.90 Å². The molecule has 2 heterocycles. The second-order valence-electron chi connectivity index (χ2n) is 5.91. The van der Waals surface area contributed by atoms with Crippen molar-refractivity contribution >= 4 is 15.9 Å². The van der Waals surface area contributed by atoms with E-state index in [-0.39, 0.29) is 6.10 Å². The van der Waals surface area contributed by atoms with Crippen LogP contribution in [0.1, 0.15) is 32.1 Å². The average Bonchev–Trinajstić information content (AvgIpc) is 2.66. The number of halogens is 1. The Bertz CT molecular complexity index is 440. The van der Waals surface area contributed by atoms with Gasteiger partial charge >= 0.3 is 0 Å². The number of hydrogen-bond donors (Lipinski definition) is 1. The van der Waals surface area contributed by atoms with Crippen LogP contribution in [0.5, 0.6) is 5.75 Å². The van der Waals surface area contributed by atoms with Gasteiger partial charge in [-0.1, -0.05) is 22.0 Å². The van der Waals surface area contributed by atoms with Crippen LogP contribution in [0.3, 0.4) is 0 Å². The number of fused-ring (bicyclic) bond motifs is 2. The normalized spacial score (nSPS) is 29.6. The highest BCUT2D eigenvalue weighted by Gasteiger charge is 2.39. The molecule has 110 valence electrons. The molecule has 2 bridgehead atoms. The van der Waals surface area contributed by atoms with E-state index in [0.29, 0.717) is 12.1 Å². The van der Waals surface area contributed by atoms with E-state index >= 15 is 0 Å². The highest BCUT2D eigenvalue weighted by molar-refractivity contribution is 9.10. The first-order chi connectivity index (χ1) is 9.72. The lowest BCUT2D eigenvalue weighted by Gasteiger charge is -2.37. The third kappa shape index (κ3) is 3.35. The maximum Gasteiger partial charge on any atom is 0.120 e. The summed E-state index contributed by atoms with van der Waals surface area (Å²) in [5, 5.41) is 9.80. The van der Waals surface area contributed by atoms with Gasteiger partial charge in [0, 0.05) is 23.1 Å². The standard InChI is InChI=1S/C16H22BrNO2/c17-12-3-1-4-16(9-12)20-8-2-7-18-13-5-6-14(18)11-15(19)10-13/h1,3-4,9,13-15,19H,2,5-8,10-11H2/t13-,14+,15+. The zero-order chi connectivity index (χ0) is 13.9. The number of hydrogen-bond acceptors (Lipinski definition) is 3. The van der Waals surface area contributed by atoms with Gasteiger partial charge in [0.05, 0.1) is 12.7 Å². The first-order valence-electron chi connectivity index (χ1n) is 7.54. The summed E-state index contributed by atoms with van der Waals surface area (Å²) in [5.41, 5.74) is 0. The first-order valence-corrected chi connectivity index (χ1v) is 8.34. The molecule has 2 fully saturated rings. The minimum atomic E-state index is -0.0679. The van der Waals surface area contributed by atoms with E-state index in [9.17, 15) is 5.11 Å². The minimum absolute atomic E-state index is 0.0679. The molecule has 3 nitrogen and oxygen atoms in total. The number of benzene rings is 1. The summed E-state index contributed by atoms with van der Waals surface area (Å²) >= 11 is 3.45. The predicted octanol–water partition coefficient (Wildman–Crippen LogP) is 3.21. The van der Waals surface area contributed by atoms with Crippen molar-refractivity contribution in [2.24, 2.45) is 0 Å². The molecule has 2 aliphatic rings. The van der Waals surface area contributed by atoms with Crippen molar-refractivity contribution in [3.05, 3.63) is 28.7 Å². The zero-order valence-electron chi connectivity index (χ0n) is 11.7. The molecule has 2 aliphatic heterocycles. The predicted molar refractivity (Wildman–Crippen MR) is 83.0 cm³/mol. The molecule has 0 radical (unpaired) electrons. The van der Waals surface area contributed by atoms with Crippen molar-refractivity contribution in [1.29, 1.82) is 0 Å². The Kier molecular flexibility index (Phi) is 4.64. The quantitative estimate of drug-likeness (QED) is 0.836. The number of aliphatic hydroxyl groups is 1. The molecule has 3 rings (SSSR count). The summed E-state index contributed by atoms with van der Waals surface area (Å²) in [7, 11) is 0. The molecular formula is C16H22BrNO2. The van der Waals surface area contributed by atoms with Crippen LogP contribution in [0.25, 0.3) is 0 Å². The Morgan fingerprint density at radius 1 is 1.25 bits per heavy atom. The van der Waals surface area contributed by atoms with E-state index in [1.165, 1.54) is 12.8 Å². The Balaban J connectivity index is 1.42. The maximum absolute atomic E-state index is 9.80. The average molecular weight is 340 g/mol. The molecule has 1 aromatic carbocycles. The molecule has 0 spiro atoms. The van der Waals surface area contributed by atoms with Crippen LogP contribution in [-0.2, 0) is 0 Å². The van der Waals surface area contributed by atoms with E-state index in [0.717, 1.165) is 42.6 Å². The lowest BCUT2D eigenvalue weighted by atomic mass is 10.00. The second-order valence-corrected chi connectivity index (χ2v) is 6.82. The molecule has 2 saturated heterocycles. The van der Waals surface area contributed by atoms with Crippen LogP contribution in [0.2, 0.25) is 0 Å². The largest absolute Gasteiger partial charge is 0.494 e. The lowest BCUT2D eigenvalue weighted by molar-refractivity contribution is 0.0331. The van der Waals surface area contributed by atoms with Crippen molar-refractivity contribution in [3.8, 4) is 5.75 Å². The van der Waals surface area contributed by atoms with E-state index in [1.54, 1.807) is 0 Å². The SMILES string of the molecule is O[C@H]1C[C@H]2CC[C@@H](C1)N2CCCOc1cccc(Br)c1. The van der Waals surface area contributed by atoms with Crippen LogP contribution in [0, 0.1) is 0 Å². The van der Waals surface area contributed by atoms with Gasteiger partial charge in [0.25, 0.3) is 0 Å². The molecule has 1 aromatic rings. The van der Waals surface area contributed by atoms with E-state index in [1.807, 2.05) is 24.3 Å². The van der Waals surface area contributed by atoms with Gasteiger partial charge in [-0.2, -0.15) is 0 Å². The van der Waals surface area contributed by atoms with Crippen LogP contribution in [0.15, 0.2) is 28.7 Å². The Labute approximate surface area is 129 Å². The second kappa shape index (κ2) is 6.46. The monoisotopic (exact) mass is 339 g/mol. The number of aliphatic hydroxyl groups excluding tert-OH is 1. The lowest BCUT2D eigenvalue weighted by Crippen LogP contribution is -2.45. The van der Waals surface area contributed by atoms with Gasteiger partial charge in [-0.3, -0.25) is 4.90 Å². The van der Waals surface area contributed by atoms with Crippen molar-refractivity contribution in [2.75, 3.05) is 13.2 Å². The third-order valence-corrected chi connectivity index (χ3v) is 4.98. The molecule has 0 saturated carbocycles. The highest BCUT2D eigenvalue weighted by Crippen LogP contribution is 2.35. The van der Waals surface area contributed by atoms with Crippen LogP contribution in [0.4, 0.5) is 0 Å². The smallest absolute Gasteiger partial charge is 0.120 e. The summed E-state index contributed by atoms with van der Waals surface area (Å²) in [5.74, 6) is 0.927. The van der Waals surface area contributed by atoms with Gasteiger partial charge < -0.3 is 9.84 Å². The fourth-order valence-corrected chi connectivity index (χ4v) is 3.98. The van der Waals surface area contributed by atoms with E-state index in [4.69, 9.17) is 4.74 Å². The number of rotatable bonds is 5. The summed E-state index contributed by atoms with van der Waals surface area (Å²) in [6.45, 7) is 1.85. The molecule has 0 aromatic heterocycles. The van der Waals surface area contributed by atoms with Gasteiger partial charge in [0.15, 0.2) is 0 Å². The third-order valence-electron chi connectivity index (χ3n) is 4.48. The van der Waals surface area contributed by atoms with Gasteiger partial charge in [-0.25, -0.2) is 0 Å². The number of nitrogens with zero attached hydrogens (tertiary/aromatic N) is 1. The molecule has 0 amide bonds. The number of piperidine rings is 1. The fraction of sp³-hybridized carbons (Fsp3) is 0.625. The molecule has 0 aliphatic carbocycles. The molecular weight excluding hydrogens is 318 g/mol. The van der Waals surface area contributed by atoms with Gasteiger partial charge in [0.2, 0.25) is 0 Å². The fourth-order valence-electron chi connectivity index (χ4n) is 3.60. The summed E-state index contributed by atoms with van der Waals surface area (Å²) < 4.78 is 6.84. The first kappa shape index (κ1) is 14.4. The summed E-state index contributed by atoms with van der Waals surface area (Å²) in [6, 6.07) is 9.20. The summed E-state index contributed by atoms with van der Waals surface area (Å²) in [6.07, 6.45) is 5.42. The Morgan fingerprint density at radius 2 is 2.00 bits per heavy atom. The molecule has 3 atom stereocenters. The molecule has 0 unspecified atom stereocenters. The minimum Gasteiger partial charge on any atom is -0.494 e. The van der Waals surface area contributed by atoms with Gasteiger partial charge in [-0.05, 0) is 50.3 Å². The van der Waals surface area contributed by atoms with Crippen LogP contribution >= 0.6 is 15.9 Å². The molecule has 1 N–H and O–H groups in total. The molecule has 20 heavy (non-hydrogen) atoms.